The molecule has 0 aliphatic carbocycles. The van der Waals surface area contributed by atoms with Gasteiger partial charge in [-0.05, 0) is 11.6 Å². The van der Waals surface area contributed by atoms with E-state index in [0.29, 0.717) is 5.69 Å². The fourth-order valence-electron chi connectivity index (χ4n) is 2.03. The van der Waals surface area contributed by atoms with Crippen molar-refractivity contribution >= 4 is 15.7 Å². The maximum absolute atomic E-state index is 12.3. The lowest BCUT2D eigenvalue weighted by atomic mass is 10.0. The van der Waals surface area contributed by atoms with Crippen molar-refractivity contribution in [3.05, 3.63) is 67.0 Å². The molecule has 106 valence electrons. The first-order valence-electron chi connectivity index (χ1n) is 6.33. The van der Waals surface area contributed by atoms with Gasteiger partial charge in [-0.2, -0.15) is 5.10 Å². The third-order valence-corrected chi connectivity index (χ3v) is 4.37. The SMILES string of the molecule is O=S(=O)(Nc1ccccc1-c1ccccc1)c1cn[nH]c1. The number of aromatic amines is 1. The van der Waals surface area contributed by atoms with Gasteiger partial charge in [-0.15, -0.1) is 0 Å². The number of nitrogens with zero attached hydrogens (tertiary/aromatic N) is 1. The van der Waals surface area contributed by atoms with Crippen LogP contribution in [0.15, 0.2) is 71.9 Å². The average molecular weight is 299 g/mol. The highest BCUT2D eigenvalue weighted by Crippen LogP contribution is 2.29. The first-order chi connectivity index (χ1) is 10.2. The number of para-hydroxylation sites is 1. The predicted molar refractivity (Wildman–Crippen MR) is 81.3 cm³/mol. The van der Waals surface area contributed by atoms with Crippen LogP contribution in [0.4, 0.5) is 5.69 Å². The van der Waals surface area contributed by atoms with Gasteiger partial charge in [0.05, 0.1) is 11.9 Å². The Bertz CT molecular complexity index is 828. The fraction of sp³-hybridized carbons (Fsp3) is 0. The monoisotopic (exact) mass is 299 g/mol. The van der Waals surface area contributed by atoms with Crippen molar-refractivity contribution in [1.29, 1.82) is 0 Å². The molecule has 0 bridgehead atoms. The summed E-state index contributed by atoms with van der Waals surface area (Å²) in [5.41, 5.74) is 2.30. The van der Waals surface area contributed by atoms with E-state index < -0.39 is 10.0 Å². The Balaban J connectivity index is 2.01. The van der Waals surface area contributed by atoms with Gasteiger partial charge < -0.3 is 0 Å². The van der Waals surface area contributed by atoms with Crippen LogP contribution in [0.3, 0.4) is 0 Å². The van der Waals surface area contributed by atoms with E-state index in [1.807, 2.05) is 42.5 Å². The van der Waals surface area contributed by atoms with Crippen LogP contribution < -0.4 is 4.72 Å². The molecule has 21 heavy (non-hydrogen) atoms. The molecular weight excluding hydrogens is 286 g/mol. The van der Waals surface area contributed by atoms with Gasteiger partial charge in [0.25, 0.3) is 10.0 Å². The van der Waals surface area contributed by atoms with Gasteiger partial charge in [0.2, 0.25) is 0 Å². The van der Waals surface area contributed by atoms with E-state index in [1.165, 1.54) is 12.4 Å². The molecule has 3 aromatic rings. The Hall–Kier alpha value is -2.60. The van der Waals surface area contributed by atoms with Gasteiger partial charge in [-0.1, -0.05) is 48.5 Å². The Morgan fingerprint density at radius 1 is 0.952 bits per heavy atom. The Labute approximate surface area is 122 Å². The minimum atomic E-state index is -3.64. The second-order valence-corrected chi connectivity index (χ2v) is 6.13. The molecule has 0 atom stereocenters. The third kappa shape index (κ3) is 2.80. The summed E-state index contributed by atoms with van der Waals surface area (Å²) in [5.74, 6) is 0. The highest BCUT2D eigenvalue weighted by atomic mass is 32.2. The molecule has 0 fully saturated rings. The number of sulfonamides is 1. The van der Waals surface area contributed by atoms with E-state index in [1.54, 1.807) is 12.1 Å². The van der Waals surface area contributed by atoms with Crippen LogP contribution in [-0.4, -0.2) is 18.6 Å². The van der Waals surface area contributed by atoms with Gasteiger partial charge >= 0.3 is 0 Å². The second-order valence-electron chi connectivity index (χ2n) is 4.45. The summed E-state index contributed by atoms with van der Waals surface area (Å²) in [6.07, 6.45) is 2.61. The smallest absolute Gasteiger partial charge is 0.265 e. The van der Waals surface area contributed by atoms with Gasteiger partial charge in [0.15, 0.2) is 0 Å². The number of anilines is 1. The Morgan fingerprint density at radius 3 is 2.38 bits per heavy atom. The van der Waals surface area contributed by atoms with Crippen molar-refractivity contribution in [3.63, 3.8) is 0 Å². The fourth-order valence-corrected chi connectivity index (χ4v) is 3.02. The number of rotatable bonds is 4. The molecule has 0 radical (unpaired) electrons. The number of benzene rings is 2. The van der Waals surface area contributed by atoms with Gasteiger partial charge in [-0.3, -0.25) is 9.82 Å². The molecule has 1 heterocycles. The Morgan fingerprint density at radius 2 is 1.67 bits per heavy atom. The van der Waals surface area contributed by atoms with Crippen LogP contribution in [0, 0.1) is 0 Å². The van der Waals surface area contributed by atoms with E-state index in [-0.39, 0.29) is 4.90 Å². The molecule has 0 saturated heterocycles. The number of nitrogens with one attached hydrogen (secondary N) is 2. The normalized spacial score (nSPS) is 11.2. The van der Waals surface area contributed by atoms with Crippen LogP contribution in [-0.2, 0) is 10.0 Å². The summed E-state index contributed by atoms with van der Waals surface area (Å²) < 4.78 is 27.2. The molecular formula is C15H13N3O2S. The molecule has 2 aromatic carbocycles. The lowest BCUT2D eigenvalue weighted by Crippen LogP contribution is -2.12. The molecule has 0 saturated carbocycles. The van der Waals surface area contributed by atoms with Crippen molar-refractivity contribution in [2.45, 2.75) is 4.90 Å². The summed E-state index contributed by atoms with van der Waals surface area (Å²) in [6, 6.07) is 16.9. The Kier molecular flexibility index (Phi) is 3.45. The van der Waals surface area contributed by atoms with Gasteiger partial charge in [-0.25, -0.2) is 8.42 Å². The molecule has 2 N–H and O–H groups in total. The molecule has 1 aromatic heterocycles. The summed E-state index contributed by atoms with van der Waals surface area (Å²) >= 11 is 0. The molecule has 0 aliphatic heterocycles. The lowest BCUT2D eigenvalue weighted by Gasteiger charge is -2.11. The number of hydrogen-bond donors (Lipinski definition) is 2. The molecule has 6 heteroatoms. The van der Waals surface area contributed by atoms with Crippen molar-refractivity contribution < 1.29 is 8.42 Å². The second kappa shape index (κ2) is 5.41. The van der Waals surface area contributed by atoms with Crippen molar-refractivity contribution in [3.8, 4) is 11.1 Å². The zero-order valence-corrected chi connectivity index (χ0v) is 11.8. The van der Waals surface area contributed by atoms with E-state index in [2.05, 4.69) is 14.9 Å². The summed E-state index contributed by atoms with van der Waals surface area (Å²) in [6.45, 7) is 0. The van der Waals surface area contributed by atoms with Crippen LogP contribution in [0.5, 0.6) is 0 Å². The minimum absolute atomic E-state index is 0.102. The zero-order valence-electron chi connectivity index (χ0n) is 11.0. The van der Waals surface area contributed by atoms with E-state index in [4.69, 9.17) is 0 Å². The minimum Gasteiger partial charge on any atom is -0.284 e. The zero-order chi connectivity index (χ0) is 14.7. The van der Waals surface area contributed by atoms with Crippen LogP contribution in [0.2, 0.25) is 0 Å². The van der Waals surface area contributed by atoms with Crippen molar-refractivity contribution in [1.82, 2.24) is 10.2 Å². The highest BCUT2D eigenvalue weighted by Gasteiger charge is 2.17. The van der Waals surface area contributed by atoms with Crippen LogP contribution in [0.25, 0.3) is 11.1 Å². The summed E-state index contributed by atoms with van der Waals surface area (Å²) in [7, 11) is -3.64. The quantitative estimate of drug-likeness (QED) is 0.778. The highest BCUT2D eigenvalue weighted by molar-refractivity contribution is 7.92. The average Bonchev–Trinajstić information content (AvgIpc) is 3.03. The largest absolute Gasteiger partial charge is 0.284 e. The predicted octanol–water partition coefficient (Wildman–Crippen LogP) is 2.88. The first kappa shape index (κ1) is 13.4. The van der Waals surface area contributed by atoms with Crippen LogP contribution in [0.1, 0.15) is 0 Å². The molecule has 0 aliphatic rings. The standard InChI is InChI=1S/C15H13N3O2S/c19-21(20,13-10-16-17-11-13)18-15-9-5-4-8-14(15)12-6-2-1-3-7-12/h1-11,18H,(H,16,17). The first-order valence-corrected chi connectivity index (χ1v) is 7.81. The summed E-state index contributed by atoms with van der Waals surface area (Å²) in [4.78, 5) is 0.102. The third-order valence-electron chi connectivity index (χ3n) is 3.04. The van der Waals surface area contributed by atoms with E-state index in [9.17, 15) is 8.42 Å². The lowest BCUT2D eigenvalue weighted by molar-refractivity contribution is 0.601. The maximum Gasteiger partial charge on any atom is 0.265 e. The van der Waals surface area contributed by atoms with Gasteiger partial charge in [0, 0.05) is 11.8 Å². The van der Waals surface area contributed by atoms with Crippen molar-refractivity contribution in [2.75, 3.05) is 4.72 Å². The van der Waals surface area contributed by atoms with Gasteiger partial charge in [0.1, 0.15) is 4.90 Å². The number of hydrogen-bond acceptors (Lipinski definition) is 3. The molecule has 0 unspecified atom stereocenters. The summed E-state index contributed by atoms with van der Waals surface area (Å²) in [5, 5.41) is 6.17. The number of H-pyrrole nitrogens is 1. The topological polar surface area (TPSA) is 74.8 Å². The maximum atomic E-state index is 12.3. The van der Waals surface area contributed by atoms with Crippen LogP contribution >= 0.6 is 0 Å². The molecule has 0 spiro atoms. The number of aromatic nitrogens is 2. The molecule has 3 rings (SSSR count). The molecule has 5 nitrogen and oxygen atoms in total. The molecule has 0 amide bonds. The van der Waals surface area contributed by atoms with E-state index in [0.717, 1.165) is 11.1 Å². The van der Waals surface area contributed by atoms with E-state index >= 15 is 0 Å². The van der Waals surface area contributed by atoms with Crippen molar-refractivity contribution in [2.24, 2.45) is 0 Å².